The van der Waals surface area contributed by atoms with Crippen molar-refractivity contribution in [1.29, 1.82) is 0 Å². The third-order valence-corrected chi connectivity index (χ3v) is 4.21. The number of aromatic hydroxyl groups is 1. The molecule has 0 aliphatic heterocycles. The van der Waals surface area contributed by atoms with Gasteiger partial charge in [-0.2, -0.15) is 5.10 Å². The van der Waals surface area contributed by atoms with Crippen LogP contribution in [0.1, 0.15) is 10.4 Å². The van der Waals surface area contributed by atoms with Crippen molar-refractivity contribution in [3.63, 3.8) is 0 Å². The number of H-pyrrole nitrogens is 1. The highest BCUT2D eigenvalue weighted by atomic mass is 19.1. The summed E-state index contributed by atoms with van der Waals surface area (Å²) in [6.45, 7) is 0. The predicted octanol–water partition coefficient (Wildman–Crippen LogP) is 4.24. The van der Waals surface area contributed by atoms with Gasteiger partial charge < -0.3 is 10.4 Å². The summed E-state index contributed by atoms with van der Waals surface area (Å²) in [6.07, 6.45) is 3.12. The molecule has 7 heteroatoms. The first-order valence-corrected chi connectivity index (χ1v) is 8.46. The number of pyridine rings is 1. The van der Waals surface area contributed by atoms with Gasteiger partial charge in [-0.15, -0.1) is 0 Å². The maximum Gasteiger partial charge on any atom is 0.255 e. The first-order chi connectivity index (χ1) is 13.6. The molecule has 4 rings (SSSR count). The molecule has 0 spiro atoms. The standard InChI is InChI=1S/C21H15FN4O2/c22-15-3-6-20(27)17(11-15)19-12-18(25-26-19)13-1-4-16(5-2-13)24-21(28)14-7-9-23-10-8-14/h1-12,27H,(H,24,28)(H,25,26). The number of nitrogens with one attached hydrogen (secondary N) is 2. The minimum absolute atomic E-state index is 0.0476. The van der Waals surface area contributed by atoms with Crippen molar-refractivity contribution in [2.24, 2.45) is 0 Å². The van der Waals surface area contributed by atoms with Crippen LogP contribution >= 0.6 is 0 Å². The number of phenolic OH excluding ortho intramolecular Hbond substituents is 1. The van der Waals surface area contributed by atoms with E-state index >= 15 is 0 Å². The monoisotopic (exact) mass is 374 g/mol. The number of nitrogens with zero attached hydrogens (tertiary/aromatic N) is 2. The van der Waals surface area contributed by atoms with Gasteiger partial charge in [-0.1, -0.05) is 12.1 Å². The van der Waals surface area contributed by atoms with Crippen LogP contribution in [0.2, 0.25) is 0 Å². The van der Waals surface area contributed by atoms with E-state index in [0.717, 1.165) is 5.56 Å². The molecule has 6 nitrogen and oxygen atoms in total. The zero-order chi connectivity index (χ0) is 19.5. The largest absolute Gasteiger partial charge is 0.507 e. The van der Waals surface area contributed by atoms with E-state index in [1.807, 2.05) is 12.1 Å². The third kappa shape index (κ3) is 3.59. The van der Waals surface area contributed by atoms with Gasteiger partial charge in [0.1, 0.15) is 11.6 Å². The van der Waals surface area contributed by atoms with Crippen molar-refractivity contribution >= 4 is 11.6 Å². The second-order valence-electron chi connectivity index (χ2n) is 6.10. The van der Waals surface area contributed by atoms with Gasteiger partial charge in [-0.05, 0) is 54.1 Å². The van der Waals surface area contributed by atoms with Crippen molar-refractivity contribution in [3.05, 3.63) is 84.4 Å². The Morgan fingerprint density at radius 1 is 1.00 bits per heavy atom. The van der Waals surface area contributed by atoms with Crippen LogP contribution in [0.3, 0.4) is 0 Å². The summed E-state index contributed by atoms with van der Waals surface area (Å²) in [4.78, 5) is 16.1. The van der Waals surface area contributed by atoms with Crippen LogP contribution in [0.15, 0.2) is 73.1 Å². The van der Waals surface area contributed by atoms with Gasteiger partial charge in [0.05, 0.1) is 11.4 Å². The molecule has 0 radical (unpaired) electrons. The lowest BCUT2D eigenvalue weighted by atomic mass is 10.1. The van der Waals surface area contributed by atoms with Crippen molar-refractivity contribution in [1.82, 2.24) is 15.2 Å². The number of rotatable bonds is 4. The lowest BCUT2D eigenvalue weighted by molar-refractivity contribution is 0.102. The molecule has 0 saturated heterocycles. The molecule has 0 aliphatic carbocycles. The molecule has 0 atom stereocenters. The smallest absolute Gasteiger partial charge is 0.255 e. The fraction of sp³-hybridized carbons (Fsp3) is 0. The van der Waals surface area contributed by atoms with Gasteiger partial charge in [0.2, 0.25) is 0 Å². The summed E-state index contributed by atoms with van der Waals surface area (Å²) in [5.41, 5.74) is 3.44. The van der Waals surface area contributed by atoms with Crippen molar-refractivity contribution in [2.45, 2.75) is 0 Å². The van der Waals surface area contributed by atoms with Gasteiger partial charge in [-0.3, -0.25) is 14.9 Å². The average Bonchev–Trinajstić information content (AvgIpc) is 3.21. The molecule has 28 heavy (non-hydrogen) atoms. The summed E-state index contributed by atoms with van der Waals surface area (Å²) in [5, 5.41) is 19.8. The molecule has 2 heterocycles. The molecule has 4 aromatic rings. The van der Waals surface area contributed by atoms with E-state index in [1.54, 1.807) is 42.7 Å². The third-order valence-electron chi connectivity index (χ3n) is 4.21. The fourth-order valence-electron chi connectivity index (χ4n) is 2.76. The van der Waals surface area contributed by atoms with Crippen molar-refractivity contribution < 1.29 is 14.3 Å². The van der Waals surface area contributed by atoms with Gasteiger partial charge in [0.25, 0.3) is 5.91 Å². The van der Waals surface area contributed by atoms with E-state index in [2.05, 4.69) is 20.5 Å². The highest BCUT2D eigenvalue weighted by Gasteiger charge is 2.11. The normalized spacial score (nSPS) is 10.6. The summed E-state index contributed by atoms with van der Waals surface area (Å²) >= 11 is 0. The number of phenols is 1. The number of carbonyl (C=O) groups excluding carboxylic acids is 1. The number of aromatic amines is 1. The highest BCUT2D eigenvalue weighted by Crippen LogP contribution is 2.31. The van der Waals surface area contributed by atoms with Crippen LogP contribution in [-0.4, -0.2) is 26.2 Å². The number of hydrogen-bond acceptors (Lipinski definition) is 4. The topological polar surface area (TPSA) is 90.9 Å². The zero-order valence-corrected chi connectivity index (χ0v) is 14.6. The first-order valence-electron chi connectivity index (χ1n) is 8.46. The van der Waals surface area contributed by atoms with E-state index < -0.39 is 5.82 Å². The lowest BCUT2D eigenvalue weighted by Crippen LogP contribution is -2.11. The maximum atomic E-state index is 13.4. The van der Waals surface area contributed by atoms with Crippen LogP contribution in [0, 0.1) is 5.82 Å². The Bertz CT molecular complexity index is 1120. The van der Waals surface area contributed by atoms with Crippen LogP contribution in [0.25, 0.3) is 22.5 Å². The number of anilines is 1. The highest BCUT2D eigenvalue weighted by molar-refractivity contribution is 6.04. The zero-order valence-electron chi connectivity index (χ0n) is 14.6. The fourth-order valence-corrected chi connectivity index (χ4v) is 2.76. The molecule has 2 aromatic carbocycles. The Labute approximate surface area is 159 Å². The molecule has 0 bridgehead atoms. The van der Waals surface area contributed by atoms with Crippen molar-refractivity contribution in [3.8, 4) is 28.3 Å². The Hall–Kier alpha value is -4.00. The molecular formula is C21H15FN4O2. The molecule has 0 unspecified atom stereocenters. The molecule has 3 N–H and O–H groups in total. The number of aromatic nitrogens is 3. The molecule has 1 amide bonds. The number of hydrogen-bond donors (Lipinski definition) is 3. The summed E-state index contributed by atoms with van der Waals surface area (Å²) < 4.78 is 13.4. The van der Waals surface area contributed by atoms with E-state index in [9.17, 15) is 14.3 Å². The van der Waals surface area contributed by atoms with Crippen LogP contribution in [0.5, 0.6) is 5.75 Å². The van der Waals surface area contributed by atoms with E-state index in [4.69, 9.17) is 0 Å². The quantitative estimate of drug-likeness (QED) is 0.498. The minimum Gasteiger partial charge on any atom is -0.507 e. The second-order valence-corrected chi connectivity index (χ2v) is 6.10. The van der Waals surface area contributed by atoms with Gasteiger partial charge in [-0.25, -0.2) is 4.39 Å². The number of amides is 1. The molecular weight excluding hydrogens is 359 g/mol. The van der Waals surface area contributed by atoms with Crippen LogP contribution in [0.4, 0.5) is 10.1 Å². The second kappa shape index (κ2) is 7.32. The lowest BCUT2D eigenvalue weighted by Gasteiger charge is -2.06. The summed E-state index contributed by atoms with van der Waals surface area (Å²) in [7, 11) is 0. The molecule has 2 aromatic heterocycles. The Morgan fingerprint density at radius 3 is 2.50 bits per heavy atom. The Kier molecular flexibility index (Phi) is 4.55. The Balaban J connectivity index is 1.52. The first kappa shape index (κ1) is 17.4. The minimum atomic E-state index is -0.452. The summed E-state index contributed by atoms with van der Waals surface area (Å²) in [5.74, 6) is -0.721. The van der Waals surface area contributed by atoms with Gasteiger partial charge in [0, 0.05) is 29.2 Å². The van der Waals surface area contributed by atoms with Gasteiger partial charge in [0.15, 0.2) is 0 Å². The molecule has 0 aliphatic rings. The summed E-state index contributed by atoms with van der Waals surface area (Å²) in [6, 6.07) is 15.9. The van der Waals surface area contributed by atoms with Crippen LogP contribution in [-0.2, 0) is 0 Å². The molecule has 0 fully saturated rings. The van der Waals surface area contributed by atoms with Crippen molar-refractivity contribution in [2.75, 3.05) is 5.32 Å². The molecule has 0 saturated carbocycles. The Morgan fingerprint density at radius 2 is 1.75 bits per heavy atom. The van der Waals surface area contributed by atoms with E-state index in [1.165, 1.54) is 18.2 Å². The number of halogens is 1. The molecule has 138 valence electrons. The number of benzene rings is 2. The maximum absolute atomic E-state index is 13.4. The van der Waals surface area contributed by atoms with E-state index in [0.29, 0.717) is 28.2 Å². The average molecular weight is 374 g/mol. The van der Waals surface area contributed by atoms with Crippen LogP contribution < -0.4 is 5.32 Å². The SMILES string of the molecule is O=C(Nc1ccc(-c2cc(-c3cc(F)ccc3O)n[nH]2)cc1)c1ccncc1. The van der Waals surface area contributed by atoms with Gasteiger partial charge >= 0.3 is 0 Å². The number of carbonyl (C=O) groups is 1. The predicted molar refractivity (Wildman–Crippen MR) is 103 cm³/mol. The van der Waals surface area contributed by atoms with E-state index in [-0.39, 0.29) is 11.7 Å².